The molecule has 124 valence electrons. The molecule has 21 heavy (non-hydrogen) atoms. The summed E-state index contributed by atoms with van der Waals surface area (Å²) in [6.45, 7) is 2.52. The van der Waals surface area contributed by atoms with Gasteiger partial charge in [-0.25, -0.2) is 13.1 Å². The summed E-state index contributed by atoms with van der Waals surface area (Å²) in [5.41, 5.74) is 13.4. The van der Waals surface area contributed by atoms with Crippen LogP contribution in [0.3, 0.4) is 0 Å². The lowest BCUT2D eigenvalue weighted by Crippen LogP contribution is -2.30. The highest BCUT2D eigenvalue weighted by molar-refractivity contribution is 7.89. The lowest BCUT2D eigenvalue weighted by atomic mass is 10.2. The highest BCUT2D eigenvalue weighted by Crippen LogP contribution is 1.97. The van der Waals surface area contributed by atoms with E-state index in [1.165, 1.54) is 0 Å². The van der Waals surface area contributed by atoms with Crippen LogP contribution in [-0.4, -0.2) is 60.2 Å². The van der Waals surface area contributed by atoms with Crippen LogP contribution in [-0.2, 0) is 19.5 Å². The van der Waals surface area contributed by atoms with Gasteiger partial charge in [-0.2, -0.15) is 0 Å². The van der Waals surface area contributed by atoms with Gasteiger partial charge in [0, 0.05) is 18.0 Å². The molecular formula is C11H25N5O4S. The molecule has 0 saturated heterocycles. The molecule has 0 radical (unpaired) electrons. The predicted molar refractivity (Wildman–Crippen MR) is 80.3 cm³/mol. The van der Waals surface area contributed by atoms with Gasteiger partial charge in [0.05, 0.1) is 32.2 Å². The van der Waals surface area contributed by atoms with Crippen molar-refractivity contribution in [3.05, 3.63) is 10.4 Å². The number of nitrogens with zero attached hydrogens (tertiary/aromatic N) is 3. The van der Waals surface area contributed by atoms with Gasteiger partial charge in [0.2, 0.25) is 10.0 Å². The minimum Gasteiger partial charge on any atom is -0.379 e. The summed E-state index contributed by atoms with van der Waals surface area (Å²) in [4.78, 5) is 2.59. The molecule has 0 saturated carbocycles. The zero-order chi connectivity index (χ0) is 15.8. The van der Waals surface area contributed by atoms with Gasteiger partial charge in [0.1, 0.15) is 0 Å². The Hall–Kier alpha value is -0.900. The number of azide groups is 1. The quantitative estimate of drug-likeness (QED) is 0.194. The molecule has 0 spiro atoms. The first-order valence-electron chi connectivity index (χ1n) is 6.96. The zero-order valence-electron chi connectivity index (χ0n) is 12.2. The molecule has 0 aliphatic heterocycles. The topological polar surface area (TPSA) is 139 Å². The van der Waals surface area contributed by atoms with E-state index in [4.69, 9.17) is 20.7 Å². The third-order valence-electron chi connectivity index (χ3n) is 2.46. The first-order chi connectivity index (χ1) is 10.1. The number of sulfonamides is 1. The average molecular weight is 323 g/mol. The number of nitrogens with one attached hydrogen (secondary N) is 1. The summed E-state index contributed by atoms with van der Waals surface area (Å²) in [6.07, 6.45) is 2.28. The first-order valence-corrected chi connectivity index (χ1v) is 8.61. The highest BCUT2D eigenvalue weighted by Gasteiger charge is 2.08. The van der Waals surface area contributed by atoms with Gasteiger partial charge < -0.3 is 15.2 Å². The fraction of sp³-hybridized carbons (Fsp3) is 1.00. The molecule has 0 bridgehead atoms. The van der Waals surface area contributed by atoms with E-state index >= 15 is 0 Å². The lowest BCUT2D eigenvalue weighted by molar-refractivity contribution is 0.0531. The van der Waals surface area contributed by atoms with Gasteiger partial charge in [-0.05, 0) is 24.9 Å². The normalized spacial score (nSPS) is 11.3. The van der Waals surface area contributed by atoms with Gasteiger partial charge in [0.25, 0.3) is 0 Å². The Morgan fingerprint density at radius 1 is 1.10 bits per heavy atom. The van der Waals surface area contributed by atoms with Crippen molar-refractivity contribution in [3.8, 4) is 0 Å². The molecule has 0 aromatic carbocycles. The van der Waals surface area contributed by atoms with Crippen LogP contribution in [0.1, 0.15) is 19.3 Å². The Bertz CT molecular complexity index is 384. The minimum atomic E-state index is -3.22. The van der Waals surface area contributed by atoms with Crippen LogP contribution in [0.4, 0.5) is 0 Å². The predicted octanol–water partition coefficient (Wildman–Crippen LogP) is 0.378. The Morgan fingerprint density at radius 3 is 2.48 bits per heavy atom. The standard InChI is InChI=1S/C11H25N5O4S/c12-4-2-1-3-11-21(17,18)15-6-8-20-10-9-19-7-5-14-16-13/h15H,1-12H2. The number of unbranched alkanes of at least 4 members (excludes halogenated alkanes) is 2. The number of rotatable bonds is 15. The van der Waals surface area contributed by atoms with Crippen molar-refractivity contribution in [2.75, 3.05) is 51.8 Å². The zero-order valence-corrected chi connectivity index (χ0v) is 13.1. The van der Waals surface area contributed by atoms with E-state index in [2.05, 4.69) is 14.7 Å². The molecule has 0 unspecified atom stereocenters. The van der Waals surface area contributed by atoms with Crippen molar-refractivity contribution in [1.29, 1.82) is 0 Å². The van der Waals surface area contributed by atoms with Gasteiger partial charge in [-0.15, -0.1) is 0 Å². The lowest BCUT2D eigenvalue weighted by Gasteiger charge is -2.07. The number of ether oxygens (including phenoxy) is 2. The van der Waals surface area contributed by atoms with Crippen LogP contribution in [0.5, 0.6) is 0 Å². The van der Waals surface area contributed by atoms with Crippen LogP contribution in [0.25, 0.3) is 10.4 Å². The largest absolute Gasteiger partial charge is 0.379 e. The van der Waals surface area contributed by atoms with Crippen LogP contribution < -0.4 is 10.5 Å². The van der Waals surface area contributed by atoms with Crippen molar-refractivity contribution < 1.29 is 17.9 Å². The van der Waals surface area contributed by atoms with E-state index in [0.717, 1.165) is 12.8 Å². The maximum atomic E-state index is 11.6. The summed E-state index contributed by atoms with van der Waals surface area (Å²) < 4.78 is 35.9. The molecular weight excluding hydrogens is 298 g/mol. The summed E-state index contributed by atoms with van der Waals surface area (Å²) in [7, 11) is -3.22. The van der Waals surface area contributed by atoms with Gasteiger partial charge in [0.15, 0.2) is 0 Å². The second kappa shape index (κ2) is 14.1. The Labute approximate surface area is 125 Å². The van der Waals surface area contributed by atoms with E-state index in [0.29, 0.717) is 45.9 Å². The van der Waals surface area contributed by atoms with Crippen molar-refractivity contribution in [2.45, 2.75) is 19.3 Å². The average Bonchev–Trinajstić information content (AvgIpc) is 2.45. The van der Waals surface area contributed by atoms with Crippen LogP contribution in [0.2, 0.25) is 0 Å². The second-order valence-electron chi connectivity index (χ2n) is 4.24. The number of hydrogen-bond donors (Lipinski definition) is 2. The smallest absolute Gasteiger partial charge is 0.211 e. The van der Waals surface area contributed by atoms with E-state index in [-0.39, 0.29) is 12.3 Å². The van der Waals surface area contributed by atoms with Gasteiger partial charge in [-0.1, -0.05) is 11.5 Å². The maximum absolute atomic E-state index is 11.6. The Morgan fingerprint density at radius 2 is 1.81 bits per heavy atom. The minimum absolute atomic E-state index is 0.121. The van der Waals surface area contributed by atoms with Gasteiger partial charge >= 0.3 is 0 Å². The SMILES string of the molecule is [N-]=[N+]=NCCOCCOCCNS(=O)(=O)CCCCCN. The summed E-state index contributed by atoms with van der Waals surface area (Å²) in [6, 6.07) is 0. The monoisotopic (exact) mass is 323 g/mol. The Kier molecular flexibility index (Phi) is 13.5. The molecule has 0 aromatic rings. The molecule has 0 aliphatic carbocycles. The summed E-state index contributed by atoms with van der Waals surface area (Å²) >= 11 is 0. The maximum Gasteiger partial charge on any atom is 0.211 e. The molecule has 0 rings (SSSR count). The molecule has 0 aromatic heterocycles. The van der Waals surface area contributed by atoms with Crippen molar-refractivity contribution in [1.82, 2.24) is 4.72 Å². The fourth-order valence-electron chi connectivity index (χ4n) is 1.43. The molecule has 0 atom stereocenters. The molecule has 9 nitrogen and oxygen atoms in total. The third kappa shape index (κ3) is 15.3. The fourth-order valence-corrected chi connectivity index (χ4v) is 2.55. The number of nitrogens with two attached hydrogens (primary N) is 1. The summed E-state index contributed by atoms with van der Waals surface area (Å²) in [5, 5.41) is 3.31. The molecule has 10 heteroatoms. The number of hydrogen-bond acceptors (Lipinski definition) is 6. The van der Waals surface area contributed by atoms with E-state index in [9.17, 15) is 8.42 Å². The van der Waals surface area contributed by atoms with Crippen LogP contribution in [0.15, 0.2) is 5.11 Å². The van der Waals surface area contributed by atoms with Crippen LogP contribution >= 0.6 is 0 Å². The van der Waals surface area contributed by atoms with E-state index in [1.807, 2.05) is 0 Å². The first kappa shape index (κ1) is 20.1. The van der Waals surface area contributed by atoms with Gasteiger partial charge in [-0.3, -0.25) is 0 Å². The molecule has 3 N–H and O–H groups in total. The molecule has 0 heterocycles. The third-order valence-corrected chi connectivity index (χ3v) is 3.93. The van der Waals surface area contributed by atoms with Crippen molar-refractivity contribution >= 4 is 10.0 Å². The van der Waals surface area contributed by atoms with E-state index < -0.39 is 10.0 Å². The summed E-state index contributed by atoms with van der Waals surface area (Å²) in [5.74, 6) is 0.121. The molecule has 0 aliphatic rings. The van der Waals surface area contributed by atoms with Crippen molar-refractivity contribution in [3.63, 3.8) is 0 Å². The van der Waals surface area contributed by atoms with Crippen LogP contribution in [0, 0.1) is 0 Å². The molecule has 0 fully saturated rings. The van der Waals surface area contributed by atoms with Crippen molar-refractivity contribution in [2.24, 2.45) is 10.8 Å². The molecule has 0 amide bonds. The van der Waals surface area contributed by atoms with E-state index in [1.54, 1.807) is 0 Å². The second-order valence-corrected chi connectivity index (χ2v) is 6.17. The Balaban J connectivity index is 3.38. The highest BCUT2D eigenvalue weighted by atomic mass is 32.2.